The molecule has 0 bridgehead atoms. The van der Waals surface area contributed by atoms with Crippen molar-refractivity contribution in [2.75, 3.05) is 16.8 Å². The van der Waals surface area contributed by atoms with Gasteiger partial charge in [-0.1, -0.05) is 6.92 Å². The predicted octanol–water partition coefficient (Wildman–Crippen LogP) is 2.98. The maximum Gasteiger partial charge on any atom is 0.137 e. The largest absolute Gasteiger partial charge is 0.370 e. The molecule has 0 aromatic carbocycles. The van der Waals surface area contributed by atoms with Crippen LogP contribution in [0.2, 0.25) is 0 Å². The Labute approximate surface area is 110 Å². The summed E-state index contributed by atoms with van der Waals surface area (Å²) in [4.78, 5) is 11.3. The Morgan fingerprint density at radius 3 is 2.78 bits per heavy atom. The molecule has 1 aromatic heterocycles. The summed E-state index contributed by atoms with van der Waals surface area (Å²) in [7, 11) is 0. The summed E-state index contributed by atoms with van der Waals surface area (Å²) in [6.07, 6.45) is 5.40. The topological polar surface area (TPSA) is 41.1 Å². The standard InChI is InChI=1S/C14H24N4/c1-5-12-8-7-10(3)18(12)14-11(4)13(15-6-2)16-9-17-14/h9-10,12H,5-8H2,1-4H3,(H,15,16,17). The van der Waals surface area contributed by atoms with E-state index in [0.29, 0.717) is 12.1 Å². The van der Waals surface area contributed by atoms with E-state index in [1.54, 1.807) is 6.33 Å². The Morgan fingerprint density at radius 1 is 1.33 bits per heavy atom. The monoisotopic (exact) mass is 248 g/mol. The van der Waals surface area contributed by atoms with Gasteiger partial charge in [0.15, 0.2) is 0 Å². The van der Waals surface area contributed by atoms with Crippen LogP contribution in [0.4, 0.5) is 11.6 Å². The molecule has 1 N–H and O–H groups in total. The van der Waals surface area contributed by atoms with E-state index < -0.39 is 0 Å². The van der Waals surface area contributed by atoms with E-state index in [0.717, 1.165) is 18.2 Å². The van der Waals surface area contributed by atoms with Crippen molar-refractivity contribution in [1.29, 1.82) is 0 Å². The molecule has 0 saturated carbocycles. The van der Waals surface area contributed by atoms with Crippen molar-refractivity contribution >= 4 is 11.6 Å². The van der Waals surface area contributed by atoms with E-state index in [2.05, 4.69) is 47.9 Å². The third-order valence-electron chi connectivity index (χ3n) is 3.90. The SMILES string of the molecule is CCNc1ncnc(N2C(C)CCC2CC)c1C. The van der Waals surface area contributed by atoms with Gasteiger partial charge in [-0.05, 0) is 40.0 Å². The first-order valence-electron chi connectivity index (χ1n) is 7.02. The van der Waals surface area contributed by atoms with E-state index in [1.165, 1.54) is 24.8 Å². The van der Waals surface area contributed by atoms with Crippen LogP contribution >= 0.6 is 0 Å². The van der Waals surface area contributed by atoms with Crippen molar-refractivity contribution < 1.29 is 0 Å². The van der Waals surface area contributed by atoms with Crippen LogP contribution in [0, 0.1) is 6.92 Å². The van der Waals surface area contributed by atoms with Crippen LogP contribution < -0.4 is 10.2 Å². The molecule has 100 valence electrons. The lowest BCUT2D eigenvalue weighted by Gasteiger charge is -2.30. The average molecular weight is 248 g/mol. The molecule has 0 amide bonds. The summed E-state index contributed by atoms with van der Waals surface area (Å²) in [5.41, 5.74) is 1.17. The number of anilines is 2. The van der Waals surface area contributed by atoms with Crippen LogP contribution in [-0.2, 0) is 0 Å². The molecule has 2 unspecified atom stereocenters. The maximum absolute atomic E-state index is 4.53. The van der Waals surface area contributed by atoms with Gasteiger partial charge < -0.3 is 10.2 Å². The fraction of sp³-hybridized carbons (Fsp3) is 0.714. The zero-order valence-electron chi connectivity index (χ0n) is 11.9. The van der Waals surface area contributed by atoms with Crippen LogP contribution in [0.5, 0.6) is 0 Å². The fourth-order valence-electron chi connectivity index (χ4n) is 2.90. The molecule has 4 heteroatoms. The Morgan fingerprint density at radius 2 is 2.11 bits per heavy atom. The molecule has 0 spiro atoms. The number of rotatable bonds is 4. The normalized spacial score (nSPS) is 23.4. The molecule has 18 heavy (non-hydrogen) atoms. The molecule has 2 heterocycles. The highest BCUT2D eigenvalue weighted by Gasteiger charge is 2.31. The smallest absolute Gasteiger partial charge is 0.137 e. The maximum atomic E-state index is 4.53. The molecule has 1 aliphatic heterocycles. The molecule has 1 aromatic rings. The lowest BCUT2D eigenvalue weighted by atomic mass is 10.1. The van der Waals surface area contributed by atoms with Gasteiger partial charge in [-0.3, -0.25) is 0 Å². The number of nitrogens with one attached hydrogen (secondary N) is 1. The molecule has 1 saturated heterocycles. The Bertz CT molecular complexity index is 405. The third kappa shape index (κ3) is 2.28. The van der Waals surface area contributed by atoms with Gasteiger partial charge in [-0.25, -0.2) is 9.97 Å². The van der Waals surface area contributed by atoms with E-state index in [4.69, 9.17) is 0 Å². The average Bonchev–Trinajstić information content (AvgIpc) is 2.73. The van der Waals surface area contributed by atoms with Crippen molar-refractivity contribution in [2.45, 2.75) is 59.0 Å². The van der Waals surface area contributed by atoms with Crippen LogP contribution in [0.3, 0.4) is 0 Å². The first kappa shape index (κ1) is 13.1. The van der Waals surface area contributed by atoms with Gasteiger partial charge in [-0.15, -0.1) is 0 Å². The van der Waals surface area contributed by atoms with Crippen LogP contribution in [0.25, 0.3) is 0 Å². The molecular formula is C14H24N4. The Kier molecular flexibility index (Phi) is 4.04. The second-order valence-electron chi connectivity index (χ2n) is 5.10. The van der Waals surface area contributed by atoms with Crippen LogP contribution in [0.1, 0.15) is 45.6 Å². The Balaban J connectivity index is 2.34. The molecule has 4 nitrogen and oxygen atoms in total. The van der Waals surface area contributed by atoms with E-state index in [9.17, 15) is 0 Å². The van der Waals surface area contributed by atoms with Crippen molar-refractivity contribution in [3.8, 4) is 0 Å². The quantitative estimate of drug-likeness (QED) is 0.889. The number of hydrogen-bond acceptors (Lipinski definition) is 4. The van der Waals surface area contributed by atoms with Gasteiger partial charge in [0.2, 0.25) is 0 Å². The zero-order chi connectivity index (χ0) is 13.1. The van der Waals surface area contributed by atoms with Gasteiger partial charge in [0.25, 0.3) is 0 Å². The second kappa shape index (κ2) is 5.55. The first-order valence-corrected chi connectivity index (χ1v) is 7.02. The highest BCUT2D eigenvalue weighted by molar-refractivity contribution is 5.59. The van der Waals surface area contributed by atoms with Gasteiger partial charge in [-0.2, -0.15) is 0 Å². The summed E-state index contributed by atoms with van der Waals surface area (Å²) < 4.78 is 0. The summed E-state index contributed by atoms with van der Waals surface area (Å²) in [5.74, 6) is 2.08. The lowest BCUT2D eigenvalue weighted by Crippen LogP contribution is -2.35. The highest BCUT2D eigenvalue weighted by atomic mass is 15.3. The van der Waals surface area contributed by atoms with E-state index >= 15 is 0 Å². The lowest BCUT2D eigenvalue weighted by molar-refractivity contribution is 0.619. The van der Waals surface area contributed by atoms with Crippen molar-refractivity contribution in [1.82, 2.24) is 9.97 Å². The minimum atomic E-state index is 0.582. The van der Waals surface area contributed by atoms with Crippen molar-refractivity contribution in [3.05, 3.63) is 11.9 Å². The first-order chi connectivity index (χ1) is 8.69. The van der Waals surface area contributed by atoms with Gasteiger partial charge in [0, 0.05) is 24.2 Å². The minimum absolute atomic E-state index is 0.582. The molecule has 0 aliphatic carbocycles. The third-order valence-corrected chi connectivity index (χ3v) is 3.90. The molecule has 2 atom stereocenters. The summed E-state index contributed by atoms with van der Waals surface area (Å²) in [6, 6.07) is 1.21. The summed E-state index contributed by atoms with van der Waals surface area (Å²) >= 11 is 0. The zero-order valence-corrected chi connectivity index (χ0v) is 11.9. The molecule has 0 radical (unpaired) electrons. The Hall–Kier alpha value is -1.32. The van der Waals surface area contributed by atoms with Crippen molar-refractivity contribution in [2.24, 2.45) is 0 Å². The molecule has 1 aliphatic rings. The van der Waals surface area contributed by atoms with Gasteiger partial charge in [0.05, 0.1) is 0 Å². The minimum Gasteiger partial charge on any atom is -0.370 e. The van der Waals surface area contributed by atoms with E-state index in [1.807, 2.05) is 0 Å². The van der Waals surface area contributed by atoms with Gasteiger partial charge in [0.1, 0.15) is 18.0 Å². The molecular weight excluding hydrogens is 224 g/mol. The molecule has 1 fully saturated rings. The van der Waals surface area contributed by atoms with Crippen molar-refractivity contribution in [3.63, 3.8) is 0 Å². The number of aromatic nitrogens is 2. The van der Waals surface area contributed by atoms with Gasteiger partial charge >= 0.3 is 0 Å². The fourth-order valence-corrected chi connectivity index (χ4v) is 2.90. The van der Waals surface area contributed by atoms with Crippen LogP contribution in [-0.4, -0.2) is 28.6 Å². The summed E-state index contributed by atoms with van der Waals surface area (Å²) in [6.45, 7) is 9.66. The van der Waals surface area contributed by atoms with Crippen LogP contribution in [0.15, 0.2) is 6.33 Å². The highest BCUT2D eigenvalue weighted by Crippen LogP contribution is 2.33. The second-order valence-corrected chi connectivity index (χ2v) is 5.10. The number of nitrogens with zero attached hydrogens (tertiary/aromatic N) is 3. The number of hydrogen-bond donors (Lipinski definition) is 1. The summed E-state index contributed by atoms with van der Waals surface area (Å²) in [5, 5.41) is 3.31. The predicted molar refractivity (Wildman–Crippen MR) is 76.2 cm³/mol. The molecule has 2 rings (SSSR count). The van der Waals surface area contributed by atoms with E-state index in [-0.39, 0.29) is 0 Å².